The quantitative estimate of drug-likeness (QED) is 0.411. The molecule has 0 fully saturated rings. The SMILES string of the molecule is Cc1cc(-c2nc3cccnc3s2)ccc1NC(=O)COc1ccc(Cl)cc1Cl. The summed E-state index contributed by atoms with van der Waals surface area (Å²) in [5.41, 5.74) is 3.49. The maximum atomic E-state index is 12.3. The first-order valence-electron chi connectivity index (χ1n) is 8.70. The van der Waals surface area contributed by atoms with Crippen molar-refractivity contribution in [1.82, 2.24) is 9.97 Å². The number of anilines is 1. The number of thiazole rings is 1. The zero-order valence-corrected chi connectivity index (χ0v) is 17.6. The summed E-state index contributed by atoms with van der Waals surface area (Å²) >= 11 is 13.4. The third-order valence-corrected chi connectivity index (χ3v) is 5.73. The minimum absolute atomic E-state index is 0.161. The molecule has 0 spiro atoms. The highest BCUT2D eigenvalue weighted by atomic mass is 35.5. The van der Waals surface area contributed by atoms with Gasteiger partial charge in [-0.05, 0) is 61.0 Å². The van der Waals surface area contributed by atoms with Crippen LogP contribution in [0.4, 0.5) is 5.69 Å². The van der Waals surface area contributed by atoms with E-state index >= 15 is 0 Å². The van der Waals surface area contributed by atoms with Gasteiger partial charge in [0.2, 0.25) is 0 Å². The summed E-state index contributed by atoms with van der Waals surface area (Å²) in [6.45, 7) is 1.77. The first kappa shape index (κ1) is 19.6. The summed E-state index contributed by atoms with van der Waals surface area (Å²) in [4.78, 5) is 22.1. The number of benzene rings is 2. The fourth-order valence-corrected chi connectivity index (χ4v) is 4.12. The predicted octanol–water partition coefficient (Wildman–Crippen LogP) is 5.99. The van der Waals surface area contributed by atoms with Gasteiger partial charge in [0.25, 0.3) is 5.91 Å². The van der Waals surface area contributed by atoms with Crippen LogP contribution in [0, 0.1) is 6.92 Å². The summed E-state index contributed by atoms with van der Waals surface area (Å²) in [5.74, 6) is 0.124. The van der Waals surface area contributed by atoms with Gasteiger partial charge in [-0.15, -0.1) is 0 Å². The summed E-state index contributed by atoms with van der Waals surface area (Å²) in [7, 11) is 0. The summed E-state index contributed by atoms with van der Waals surface area (Å²) in [6, 6.07) is 14.4. The molecule has 0 unspecified atom stereocenters. The molecule has 0 saturated heterocycles. The summed E-state index contributed by atoms with van der Waals surface area (Å²) in [5, 5.41) is 4.61. The molecular weight excluding hydrogens is 429 g/mol. The molecule has 2 aromatic carbocycles. The number of aromatic nitrogens is 2. The smallest absolute Gasteiger partial charge is 0.262 e. The van der Waals surface area contributed by atoms with E-state index < -0.39 is 0 Å². The molecule has 29 heavy (non-hydrogen) atoms. The number of ether oxygens (including phenoxy) is 1. The highest BCUT2D eigenvalue weighted by molar-refractivity contribution is 7.21. The molecule has 0 bridgehead atoms. The van der Waals surface area contributed by atoms with E-state index in [1.807, 2.05) is 37.3 Å². The molecule has 2 aromatic heterocycles. The Bertz CT molecular complexity index is 1180. The van der Waals surface area contributed by atoms with Crippen molar-refractivity contribution in [1.29, 1.82) is 0 Å². The van der Waals surface area contributed by atoms with Crippen molar-refractivity contribution in [2.75, 3.05) is 11.9 Å². The molecule has 1 N–H and O–H groups in total. The second-order valence-electron chi connectivity index (χ2n) is 6.29. The zero-order valence-electron chi connectivity index (χ0n) is 15.3. The van der Waals surface area contributed by atoms with Crippen LogP contribution in [0.25, 0.3) is 20.9 Å². The van der Waals surface area contributed by atoms with Gasteiger partial charge in [0.15, 0.2) is 6.61 Å². The van der Waals surface area contributed by atoms with E-state index in [-0.39, 0.29) is 12.5 Å². The highest BCUT2D eigenvalue weighted by Gasteiger charge is 2.11. The van der Waals surface area contributed by atoms with Gasteiger partial charge in [-0.25, -0.2) is 9.97 Å². The van der Waals surface area contributed by atoms with Crippen LogP contribution < -0.4 is 10.1 Å². The van der Waals surface area contributed by atoms with Gasteiger partial charge in [-0.2, -0.15) is 0 Å². The molecule has 8 heteroatoms. The van der Waals surface area contributed by atoms with Gasteiger partial charge in [-0.1, -0.05) is 34.5 Å². The van der Waals surface area contributed by atoms with Gasteiger partial charge in [0.1, 0.15) is 21.1 Å². The first-order chi connectivity index (χ1) is 14.0. The largest absolute Gasteiger partial charge is 0.482 e. The fraction of sp³-hybridized carbons (Fsp3) is 0.0952. The van der Waals surface area contributed by atoms with Gasteiger partial charge in [0, 0.05) is 22.5 Å². The lowest BCUT2D eigenvalue weighted by molar-refractivity contribution is -0.118. The van der Waals surface area contributed by atoms with Crippen LogP contribution in [-0.2, 0) is 4.79 Å². The molecule has 0 radical (unpaired) electrons. The Hall–Kier alpha value is -2.67. The first-order valence-corrected chi connectivity index (χ1v) is 10.3. The van der Waals surface area contributed by atoms with E-state index in [1.54, 1.807) is 24.4 Å². The van der Waals surface area contributed by atoms with E-state index in [4.69, 9.17) is 27.9 Å². The second-order valence-corrected chi connectivity index (χ2v) is 8.11. The Labute approximate surface area is 181 Å². The molecule has 4 aromatic rings. The number of aryl methyl sites for hydroxylation is 1. The van der Waals surface area contributed by atoms with Gasteiger partial charge >= 0.3 is 0 Å². The Morgan fingerprint density at radius 2 is 2.03 bits per heavy atom. The Morgan fingerprint density at radius 3 is 2.79 bits per heavy atom. The standard InChI is InChI=1S/C21H15Cl2N3O2S/c1-12-9-13(20-26-17-3-2-8-24-21(17)29-20)4-6-16(12)25-19(27)11-28-18-7-5-14(22)10-15(18)23/h2-10H,11H2,1H3,(H,25,27). The lowest BCUT2D eigenvalue weighted by Gasteiger charge is -2.11. The maximum absolute atomic E-state index is 12.3. The van der Waals surface area contributed by atoms with Crippen molar-refractivity contribution in [3.63, 3.8) is 0 Å². The number of nitrogens with zero attached hydrogens (tertiary/aromatic N) is 2. The average molecular weight is 444 g/mol. The number of nitrogens with one attached hydrogen (secondary N) is 1. The topological polar surface area (TPSA) is 64.1 Å². The van der Waals surface area contributed by atoms with Crippen molar-refractivity contribution in [3.8, 4) is 16.3 Å². The molecule has 0 aliphatic rings. The van der Waals surface area contributed by atoms with Crippen molar-refractivity contribution in [2.24, 2.45) is 0 Å². The van der Waals surface area contributed by atoms with Crippen molar-refractivity contribution in [2.45, 2.75) is 6.92 Å². The minimum Gasteiger partial charge on any atom is -0.482 e. The molecule has 146 valence electrons. The van der Waals surface area contributed by atoms with E-state index in [2.05, 4.69) is 15.3 Å². The summed E-state index contributed by atoms with van der Waals surface area (Å²) < 4.78 is 5.47. The van der Waals surface area contributed by atoms with Crippen LogP contribution in [-0.4, -0.2) is 22.5 Å². The third kappa shape index (κ3) is 4.50. The van der Waals surface area contributed by atoms with Crippen LogP contribution in [0.3, 0.4) is 0 Å². The maximum Gasteiger partial charge on any atom is 0.262 e. The predicted molar refractivity (Wildman–Crippen MR) is 118 cm³/mol. The van der Waals surface area contributed by atoms with Crippen LogP contribution >= 0.6 is 34.5 Å². The van der Waals surface area contributed by atoms with E-state index in [0.29, 0.717) is 21.5 Å². The number of halogens is 2. The number of fused-ring (bicyclic) bond motifs is 1. The van der Waals surface area contributed by atoms with Crippen molar-refractivity contribution >= 4 is 56.5 Å². The number of rotatable bonds is 5. The number of pyridine rings is 1. The van der Waals surface area contributed by atoms with Gasteiger partial charge in [-0.3, -0.25) is 4.79 Å². The molecule has 0 aliphatic heterocycles. The van der Waals surface area contributed by atoms with E-state index in [0.717, 1.165) is 26.5 Å². The van der Waals surface area contributed by atoms with Crippen LogP contribution in [0.5, 0.6) is 5.75 Å². The number of carbonyl (C=O) groups excluding carboxylic acids is 1. The molecular formula is C21H15Cl2N3O2S. The molecule has 2 heterocycles. The molecule has 0 aliphatic carbocycles. The third-order valence-electron chi connectivity index (χ3n) is 4.17. The monoisotopic (exact) mass is 443 g/mol. The Morgan fingerprint density at radius 1 is 1.17 bits per heavy atom. The highest BCUT2D eigenvalue weighted by Crippen LogP contribution is 2.31. The van der Waals surface area contributed by atoms with Crippen molar-refractivity contribution in [3.05, 3.63) is 70.3 Å². The van der Waals surface area contributed by atoms with Crippen molar-refractivity contribution < 1.29 is 9.53 Å². The van der Waals surface area contributed by atoms with E-state index in [1.165, 1.54) is 11.3 Å². The lowest BCUT2D eigenvalue weighted by atomic mass is 10.1. The zero-order chi connectivity index (χ0) is 20.4. The average Bonchev–Trinajstić information content (AvgIpc) is 3.13. The Balaban J connectivity index is 1.44. The molecule has 0 saturated carbocycles. The molecule has 1 amide bonds. The molecule has 4 rings (SSSR count). The fourth-order valence-electron chi connectivity index (χ4n) is 2.75. The van der Waals surface area contributed by atoms with Crippen LogP contribution in [0.15, 0.2) is 54.7 Å². The molecule has 5 nitrogen and oxygen atoms in total. The normalized spacial score (nSPS) is 10.9. The van der Waals surface area contributed by atoms with Gasteiger partial charge in [0.05, 0.1) is 5.02 Å². The van der Waals surface area contributed by atoms with Crippen LogP contribution in [0.2, 0.25) is 10.0 Å². The number of amides is 1. The van der Waals surface area contributed by atoms with Crippen LogP contribution in [0.1, 0.15) is 5.56 Å². The summed E-state index contributed by atoms with van der Waals surface area (Å²) in [6.07, 6.45) is 1.76. The number of hydrogen-bond donors (Lipinski definition) is 1. The second kappa shape index (κ2) is 8.37. The number of hydrogen-bond acceptors (Lipinski definition) is 5. The molecule has 0 atom stereocenters. The minimum atomic E-state index is -0.281. The van der Waals surface area contributed by atoms with E-state index in [9.17, 15) is 4.79 Å². The number of carbonyl (C=O) groups is 1. The van der Waals surface area contributed by atoms with Gasteiger partial charge < -0.3 is 10.1 Å². The lowest BCUT2D eigenvalue weighted by Crippen LogP contribution is -2.20. The Kier molecular flexibility index (Phi) is 5.67.